The molecule has 1 saturated carbocycles. The molecule has 0 atom stereocenters. The molecule has 0 amide bonds. The molecule has 3 rings (SSSR count). The SMILES string of the molecule is Nc1cc(CCCNC2CCCC2)ccc1OCc1ccccc1. The minimum Gasteiger partial charge on any atom is -0.487 e. The summed E-state index contributed by atoms with van der Waals surface area (Å²) in [5, 5.41) is 3.66. The number of aryl methyl sites for hydroxylation is 1. The molecule has 0 aliphatic heterocycles. The minimum atomic E-state index is 0.551. The molecule has 3 nitrogen and oxygen atoms in total. The van der Waals surface area contributed by atoms with Crippen molar-refractivity contribution in [2.24, 2.45) is 0 Å². The van der Waals surface area contributed by atoms with Gasteiger partial charge in [0.2, 0.25) is 0 Å². The molecule has 0 bridgehead atoms. The van der Waals surface area contributed by atoms with E-state index in [1.54, 1.807) is 0 Å². The fourth-order valence-electron chi connectivity index (χ4n) is 3.35. The molecule has 24 heavy (non-hydrogen) atoms. The highest BCUT2D eigenvalue weighted by molar-refractivity contribution is 5.54. The standard InChI is InChI=1S/C21H28N2O/c22-20-15-17(9-6-14-23-19-10-4-5-11-19)12-13-21(20)24-16-18-7-2-1-3-8-18/h1-3,7-8,12-13,15,19,23H,4-6,9-11,14,16,22H2. The lowest BCUT2D eigenvalue weighted by Gasteiger charge is -2.12. The van der Waals surface area contributed by atoms with Gasteiger partial charge in [-0.2, -0.15) is 0 Å². The zero-order valence-electron chi connectivity index (χ0n) is 14.3. The van der Waals surface area contributed by atoms with E-state index in [-0.39, 0.29) is 0 Å². The third-order valence-corrected chi connectivity index (χ3v) is 4.74. The zero-order chi connectivity index (χ0) is 16.6. The van der Waals surface area contributed by atoms with Crippen LogP contribution in [-0.2, 0) is 13.0 Å². The first-order valence-corrected chi connectivity index (χ1v) is 9.10. The van der Waals surface area contributed by atoms with E-state index in [1.807, 2.05) is 24.3 Å². The van der Waals surface area contributed by atoms with Crippen molar-refractivity contribution >= 4 is 5.69 Å². The lowest BCUT2D eigenvalue weighted by molar-refractivity contribution is 0.308. The van der Waals surface area contributed by atoms with E-state index in [2.05, 4.69) is 29.6 Å². The predicted molar refractivity (Wildman–Crippen MR) is 100 cm³/mol. The molecule has 0 unspecified atom stereocenters. The van der Waals surface area contributed by atoms with E-state index in [0.29, 0.717) is 6.61 Å². The number of nitrogen functional groups attached to an aromatic ring is 1. The minimum absolute atomic E-state index is 0.551. The topological polar surface area (TPSA) is 47.3 Å². The van der Waals surface area contributed by atoms with Crippen LogP contribution in [0.2, 0.25) is 0 Å². The largest absolute Gasteiger partial charge is 0.487 e. The molecular formula is C21H28N2O. The highest BCUT2D eigenvalue weighted by Crippen LogP contribution is 2.24. The van der Waals surface area contributed by atoms with Gasteiger partial charge in [-0.3, -0.25) is 0 Å². The number of rotatable bonds is 8. The Bertz CT molecular complexity index is 621. The summed E-state index contributed by atoms with van der Waals surface area (Å²) in [4.78, 5) is 0. The highest BCUT2D eigenvalue weighted by atomic mass is 16.5. The van der Waals surface area contributed by atoms with Crippen molar-refractivity contribution < 1.29 is 4.74 Å². The number of anilines is 1. The van der Waals surface area contributed by atoms with Crippen molar-refractivity contribution in [3.8, 4) is 5.75 Å². The molecule has 2 aromatic carbocycles. The summed E-state index contributed by atoms with van der Waals surface area (Å²) in [6, 6.07) is 17.1. The summed E-state index contributed by atoms with van der Waals surface area (Å²) in [6.07, 6.45) is 7.68. The maximum Gasteiger partial charge on any atom is 0.142 e. The van der Waals surface area contributed by atoms with Gasteiger partial charge in [-0.15, -0.1) is 0 Å². The zero-order valence-corrected chi connectivity index (χ0v) is 14.3. The van der Waals surface area contributed by atoms with Gasteiger partial charge >= 0.3 is 0 Å². The first-order chi connectivity index (χ1) is 11.8. The smallest absolute Gasteiger partial charge is 0.142 e. The summed E-state index contributed by atoms with van der Waals surface area (Å²) >= 11 is 0. The average Bonchev–Trinajstić information content (AvgIpc) is 3.12. The van der Waals surface area contributed by atoms with Gasteiger partial charge in [0.1, 0.15) is 12.4 Å². The van der Waals surface area contributed by atoms with Gasteiger partial charge < -0.3 is 15.8 Å². The van der Waals surface area contributed by atoms with Crippen LogP contribution in [0.1, 0.15) is 43.2 Å². The molecule has 1 fully saturated rings. The van der Waals surface area contributed by atoms with Crippen molar-refractivity contribution in [1.29, 1.82) is 0 Å². The predicted octanol–water partition coefficient (Wildman–Crippen LogP) is 4.31. The Morgan fingerprint density at radius 1 is 1.00 bits per heavy atom. The second kappa shape index (κ2) is 8.74. The summed E-state index contributed by atoms with van der Waals surface area (Å²) in [5.41, 5.74) is 9.31. The van der Waals surface area contributed by atoms with Gasteiger partial charge in [0.15, 0.2) is 0 Å². The van der Waals surface area contributed by atoms with Crippen LogP contribution >= 0.6 is 0 Å². The van der Waals surface area contributed by atoms with Crippen LogP contribution < -0.4 is 15.8 Å². The van der Waals surface area contributed by atoms with Crippen LogP contribution in [0.5, 0.6) is 5.75 Å². The Kier molecular flexibility index (Phi) is 6.13. The molecule has 1 aliphatic rings. The number of ether oxygens (including phenoxy) is 1. The third-order valence-electron chi connectivity index (χ3n) is 4.74. The Balaban J connectivity index is 1.43. The summed E-state index contributed by atoms with van der Waals surface area (Å²) in [7, 11) is 0. The van der Waals surface area contributed by atoms with Crippen LogP contribution in [0.15, 0.2) is 48.5 Å². The van der Waals surface area contributed by atoms with Crippen molar-refractivity contribution in [2.45, 2.75) is 51.2 Å². The van der Waals surface area contributed by atoms with Gasteiger partial charge in [0.05, 0.1) is 5.69 Å². The van der Waals surface area contributed by atoms with E-state index in [1.165, 1.54) is 31.2 Å². The maximum atomic E-state index is 6.15. The molecule has 1 aliphatic carbocycles. The molecule has 3 N–H and O–H groups in total. The second-order valence-corrected chi connectivity index (χ2v) is 6.69. The van der Waals surface area contributed by atoms with E-state index in [9.17, 15) is 0 Å². The molecule has 0 spiro atoms. The number of benzene rings is 2. The summed E-state index contributed by atoms with van der Waals surface area (Å²) < 4.78 is 5.83. The highest BCUT2D eigenvalue weighted by Gasteiger charge is 2.13. The summed E-state index contributed by atoms with van der Waals surface area (Å²) in [5.74, 6) is 0.770. The number of hydrogen-bond donors (Lipinski definition) is 2. The van der Waals surface area contributed by atoms with Crippen molar-refractivity contribution in [3.05, 3.63) is 59.7 Å². The number of hydrogen-bond acceptors (Lipinski definition) is 3. The molecule has 128 valence electrons. The molecule has 0 heterocycles. The third kappa shape index (κ3) is 5.00. The Hall–Kier alpha value is -2.00. The van der Waals surface area contributed by atoms with Crippen molar-refractivity contribution in [3.63, 3.8) is 0 Å². The maximum absolute atomic E-state index is 6.15. The first-order valence-electron chi connectivity index (χ1n) is 9.10. The lowest BCUT2D eigenvalue weighted by atomic mass is 10.1. The van der Waals surface area contributed by atoms with E-state index >= 15 is 0 Å². The van der Waals surface area contributed by atoms with Crippen LogP contribution in [0, 0.1) is 0 Å². The van der Waals surface area contributed by atoms with Crippen LogP contribution in [-0.4, -0.2) is 12.6 Å². The van der Waals surface area contributed by atoms with Crippen LogP contribution in [0.25, 0.3) is 0 Å². The van der Waals surface area contributed by atoms with Crippen LogP contribution in [0.3, 0.4) is 0 Å². The normalized spacial score (nSPS) is 14.8. The lowest BCUT2D eigenvalue weighted by Crippen LogP contribution is -2.27. The van der Waals surface area contributed by atoms with Gasteiger partial charge in [-0.25, -0.2) is 0 Å². The van der Waals surface area contributed by atoms with Gasteiger partial charge in [-0.1, -0.05) is 49.2 Å². The molecule has 0 saturated heterocycles. The van der Waals surface area contributed by atoms with Gasteiger partial charge in [-0.05, 0) is 55.5 Å². The van der Waals surface area contributed by atoms with Crippen LogP contribution in [0.4, 0.5) is 5.69 Å². The van der Waals surface area contributed by atoms with Crippen molar-refractivity contribution in [1.82, 2.24) is 5.32 Å². The Morgan fingerprint density at radius 2 is 1.79 bits per heavy atom. The fourth-order valence-corrected chi connectivity index (χ4v) is 3.35. The monoisotopic (exact) mass is 324 g/mol. The number of nitrogens with one attached hydrogen (secondary N) is 1. The van der Waals surface area contributed by atoms with E-state index in [4.69, 9.17) is 10.5 Å². The second-order valence-electron chi connectivity index (χ2n) is 6.69. The summed E-state index contributed by atoms with van der Waals surface area (Å²) in [6.45, 7) is 1.65. The molecule has 2 aromatic rings. The number of nitrogens with two attached hydrogens (primary N) is 1. The molecule has 0 aromatic heterocycles. The first kappa shape index (κ1) is 16.8. The quantitative estimate of drug-likeness (QED) is 0.562. The molecular weight excluding hydrogens is 296 g/mol. The molecule has 3 heteroatoms. The fraction of sp³-hybridized carbons (Fsp3) is 0.429. The average molecular weight is 324 g/mol. The van der Waals surface area contributed by atoms with E-state index < -0.39 is 0 Å². The molecule has 0 radical (unpaired) electrons. The Morgan fingerprint density at radius 3 is 2.54 bits per heavy atom. The Labute approximate surface area is 145 Å². The van der Waals surface area contributed by atoms with Gasteiger partial charge in [0.25, 0.3) is 0 Å². The van der Waals surface area contributed by atoms with Gasteiger partial charge in [0, 0.05) is 6.04 Å². The van der Waals surface area contributed by atoms with E-state index in [0.717, 1.165) is 42.4 Å². The van der Waals surface area contributed by atoms with Crippen molar-refractivity contribution in [2.75, 3.05) is 12.3 Å².